The number of hydrogen-bond acceptors (Lipinski definition) is 6. The number of halogens is 7. The van der Waals surface area contributed by atoms with Gasteiger partial charge in [0.2, 0.25) is 17.6 Å². The maximum absolute atomic E-state index is 15.2. The molecule has 50 heavy (non-hydrogen) atoms. The highest BCUT2D eigenvalue weighted by Crippen LogP contribution is 2.67. The molecule has 6 unspecified atom stereocenters. The molecule has 8 nitrogen and oxygen atoms in total. The molecule has 1 saturated carbocycles. The fourth-order valence-electron chi connectivity index (χ4n) is 7.90. The van der Waals surface area contributed by atoms with Gasteiger partial charge in [-0.3, -0.25) is 24.1 Å². The number of anilines is 2. The van der Waals surface area contributed by atoms with Crippen LogP contribution >= 0.6 is 23.2 Å². The summed E-state index contributed by atoms with van der Waals surface area (Å²) in [6.07, 6.45) is 2.34. The Hall–Kier alpha value is -4.75. The number of nitrogens with zero attached hydrogens (tertiary/aromatic N) is 2. The lowest BCUT2D eigenvalue weighted by molar-refractivity contribution is -0.125. The first-order chi connectivity index (χ1) is 23.6. The number of fused-ring (bicyclic) bond motifs is 4. The molecular formula is C35H23Cl2F5N2O6. The van der Waals surface area contributed by atoms with Crippen molar-refractivity contribution in [3.8, 4) is 11.5 Å². The normalized spacial score (nSPS) is 28.8. The molecule has 6 atom stereocenters. The van der Waals surface area contributed by atoms with E-state index in [1.807, 2.05) is 0 Å². The van der Waals surface area contributed by atoms with Crippen LogP contribution in [0.3, 0.4) is 0 Å². The van der Waals surface area contributed by atoms with Gasteiger partial charge in [-0.25, -0.2) is 26.9 Å². The largest absolute Gasteiger partial charge is 0.508 e. The van der Waals surface area contributed by atoms with Crippen LogP contribution in [0.2, 0.25) is 0 Å². The summed E-state index contributed by atoms with van der Waals surface area (Å²) in [5.41, 5.74) is -0.981. The number of methoxy groups -OCH3 is 1. The second-order valence-electron chi connectivity index (χ2n) is 12.4. The Kier molecular flexibility index (Phi) is 7.68. The zero-order chi connectivity index (χ0) is 36.2. The predicted octanol–water partition coefficient (Wildman–Crippen LogP) is 6.51. The molecule has 2 saturated heterocycles. The van der Waals surface area contributed by atoms with E-state index in [4.69, 9.17) is 27.9 Å². The highest BCUT2D eigenvalue weighted by Gasteiger charge is 2.77. The minimum absolute atomic E-state index is 0.0690. The van der Waals surface area contributed by atoms with Gasteiger partial charge in [-0.1, -0.05) is 42.5 Å². The average Bonchev–Trinajstić information content (AvgIpc) is 3.44. The lowest BCUT2D eigenvalue weighted by Gasteiger charge is -2.50. The molecule has 2 aliphatic heterocycles. The number of carbonyl (C=O) groups is 4. The highest BCUT2D eigenvalue weighted by molar-refractivity contribution is 6.58. The molecule has 3 fully saturated rings. The van der Waals surface area contributed by atoms with Crippen LogP contribution in [-0.4, -0.2) is 45.6 Å². The number of imide groups is 2. The van der Waals surface area contributed by atoms with Crippen LogP contribution in [0.1, 0.15) is 29.9 Å². The van der Waals surface area contributed by atoms with Crippen LogP contribution in [0.15, 0.2) is 60.7 Å². The van der Waals surface area contributed by atoms with Crippen LogP contribution < -0.4 is 14.5 Å². The monoisotopic (exact) mass is 732 g/mol. The van der Waals surface area contributed by atoms with Crippen LogP contribution in [-0.2, 0) is 19.2 Å². The average molecular weight is 733 g/mol. The first-order valence-corrected chi connectivity index (χ1v) is 15.9. The van der Waals surface area contributed by atoms with Crippen molar-refractivity contribution in [2.24, 2.45) is 17.8 Å². The van der Waals surface area contributed by atoms with Crippen LogP contribution in [0.5, 0.6) is 11.5 Å². The van der Waals surface area contributed by atoms with Crippen molar-refractivity contribution in [1.29, 1.82) is 0 Å². The zero-order valence-corrected chi connectivity index (χ0v) is 27.2. The number of aromatic hydroxyl groups is 1. The Morgan fingerprint density at radius 3 is 2.08 bits per heavy atom. The Bertz CT molecular complexity index is 2080. The Balaban J connectivity index is 1.45. The number of alkyl halides is 2. The van der Waals surface area contributed by atoms with Crippen molar-refractivity contribution >= 4 is 64.3 Å². The third-order valence-corrected chi connectivity index (χ3v) is 11.6. The van der Waals surface area contributed by atoms with E-state index in [0.717, 1.165) is 4.90 Å². The predicted molar refractivity (Wildman–Crippen MR) is 170 cm³/mol. The SMILES string of the molecule is C=Cc1ccc(N2C(=O)C3CC=C4C(CC5(Cl)C(=O)N(c6c(F)c(F)c(F)c(F)c6F)C(=O)C5(Cl)C4c4c(O)cccc4OC)C3C2=O)cc1. The number of rotatable bonds is 5. The summed E-state index contributed by atoms with van der Waals surface area (Å²) in [5, 5.41) is 11.2. The molecule has 3 aromatic rings. The van der Waals surface area contributed by atoms with E-state index in [0.29, 0.717) is 5.56 Å². The molecule has 4 amide bonds. The Morgan fingerprint density at radius 2 is 1.48 bits per heavy atom. The van der Waals surface area contributed by atoms with Crippen LogP contribution in [0.4, 0.5) is 33.3 Å². The lowest BCUT2D eigenvalue weighted by atomic mass is 9.56. The van der Waals surface area contributed by atoms with Crippen molar-refractivity contribution in [2.45, 2.75) is 28.5 Å². The standard InChI is InChI=1S/C35H23Cl2F5N2O6/c1-3-14-7-9-15(10-8-14)43-30(46)17-12-11-16-18(21(17)31(43)47)13-34(36)32(48)44(29-27(41)25(39)24(38)26(40)28(29)42)33(49)35(34,37)23(16)22-19(45)5-4-6-20(22)50-2/h3-11,17-18,21,23,45H,1,12-13H2,2H3. The van der Waals surface area contributed by atoms with Gasteiger partial charge in [0.15, 0.2) is 33.0 Å². The first kappa shape index (κ1) is 33.7. The molecule has 0 radical (unpaired) electrons. The molecule has 3 aromatic carbocycles. The van der Waals surface area contributed by atoms with Crippen LogP contribution in [0.25, 0.3) is 6.08 Å². The van der Waals surface area contributed by atoms with E-state index < -0.39 is 104 Å². The quantitative estimate of drug-likeness (QED) is 0.0802. The molecule has 0 spiro atoms. The van der Waals surface area contributed by atoms with Crippen molar-refractivity contribution in [1.82, 2.24) is 0 Å². The highest BCUT2D eigenvalue weighted by atomic mass is 35.5. The third kappa shape index (κ3) is 4.16. The Labute approximate surface area is 290 Å². The van der Waals surface area contributed by atoms with E-state index in [9.17, 15) is 37.5 Å². The number of phenols is 1. The smallest absolute Gasteiger partial charge is 0.258 e. The van der Waals surface area contributed by atoms with Crippen molar-refractivity contribution in [3.05, 3.63) is 101 Å². The van der Waals surface area contributed by atoms with Gasteiger partial charge in [-0.05, 0) is 48.6 Å². The molecule has 0 aromatic heterocycles. The number of amides is 4. The number of benzene rings is 3. The maximum atomic E-state index is 15.2. The van der Waals surface area contributed by atoms with Gasteiger partial charge >= 0.3 is 0 Å². The molecule has 2 aliphatic carbocycles. The van der Waals surface area contributed by atoms with Gasteiger partial charge in [-0.2, -0.15) is 0 Å². The summed E-state index contributed by atoms with van der Waals surface area (Å²) < 4.78 is 78.8. The number of carbonyl (C=O) groups excluding carboxylic acids is 4. The molecule has 2 heterocycles. The third-order valence-electron chi connectivity index (χ3n) is 10.2. The molecule has 258 valence electrons. The van der Waals surface area contributed by atoms with E-state index in [1.54, 1.807) is 30.3 Å². The molecule has 7 rings (SSSR count). The summed E-state index contributed by atoms with van der Waals surface area (Å²) in [5.74, 6) is -22.6. The van der Waals surface area contributed by atoms with Crippen LogP contribution in [0, 0.1) is 46.8 Å². The first-order valence-electron chi connectivity index (χ1n) is 15.1. The second-order valence-corrected chi connectivity index (χ2v) is 13.6. The van der Waals surface area contributed by atoms with Gasteiger partial charge in [-0.15, -0.1) is 23.2 Å². The minimum Gasteiger partial charge on any atom is -0.508 e. The van der Waals surface area contributed by atoms with E-state index in [2.05, 4.69) is 6.58 Å². The number of phenolic OH excluding ortho intramolecular Hbond substituents is 1. The summed E-state index contributed by atoms with van der Waals surface area (Å²) in [6, 6.07) is 10.3. The summed E-state index contributed by atoms with van der Waals surface area (Å²) in [4.78, 5) is 51.9. The lowest BCUT2D eigenvalue weighted by Crippen LogP contribution is -2.60. The number of allylic oxidation sites excluding steroid dienone is 2. The van der Waals surface area contributed by atoms with Crippen molar-refractivity contribution in [2.75, 3.05) is 16.9 Å². The van der Waals surface area contributed by atoms with E-state index in [-0.39, 0.29) is 33.9 Å². The fraction of sp³-hybridized carbons (Fsp3) is 0.257. The van der Waals surface area contributed by atoms with Gasteiger partial charge < -0.3 is 9.84 Å². The van der Waals surface area contributed by atoms with Gasteiger partial charge in [0.1, 0.15) is 17.2 Å². The zero-order valence-electron chi connectivity index (χ0n) is 25.7. The second kappa shape index (κ2) is 11.4. The molecule has 0 bridgehead atoms. The van der Waals surface area contributed by atoms with E-state index >= 15 is 8.78 Å². The van der Waals surface area contributed by atoms with E-state index in [1.165, 1.54) is 31.4 Å². The summed E-state index contributed by atoms with van der Waals surface area (Å²) in [7, 11) is 1.22. The molecule has 4 aliphatic rings. The molecule has 15 heteroatoms. The molecule has 1 N–H and O–H groups in total. The summed E-state index contributed by atoms with van der Waals surface area (Å²) in [6.45, 7) is 3.68. The fourth-order valence-corrected chi connectivity index (χ4v) is 8.82. The topological polar surface area (TPSA) is 104 Å². The van der Waals surface area contributed by atoms with Crippen molar-refractivity contribution < 1.29 is 51.0 Å². The molecular weight excluding hydrogens is 710 g/mol. The van der Waals surface area contributed by atoms with Gasteiger partial charge in [0.25, 0.3) is 11.8 Å². The maximum Gasteiger partial charge on any atom is 0.258 e. The number of ether oxygens (including phenoxy) is 1. The van der Waals surface area contributed by atoms with Crippen molar-refractivity contribution in [3.63, 3.8) is 0 Å². The van der Waals surface area contributed by atoms with Gasteiger partial charge in [0.05, 0.1) is 24.6 Å². The Morgan fingerprint density at radius 1 is 0.860 bits per heavy atom. The minimum atomic E-state index is -2.81. The van der Waals surface area contributed by atoms with Gasteiger partial charge in [0, 0.05) is 11.5 Å². The number of hydrogen-bond donors (Lipinski definition) is 1. The summed E-state index contributed by atoms with van der Waals surface area (Å²) >= 11 is 14.2.